The quantitative estimate of drug-likeness (QED) is 0.810. The Morgan fingerprint density at radius 3 is 2.52 bits per heavy atom. The van der Waals surface area contributed by atoms with E-state index in [1.54, 1.807) is 0 Å². The third-order valence-electron chi connectivity index (χ3n) is 4.94. The second-order valence-corrected chi connectivity index (χ2v) is 7.56. The maximum Gasteiger partial charge on any atom is 0.0758 e. The Bertz CT molecular complexity index is 727. The molecule has 23 heavy (non-hydrogen) atoms. The predicted molar refractivity (Wildman–Crippen MR) is 91.4 cm³/mol. The van der Waals surface area contributed by atoms with Gasteiger partial charge in [-0.05, 0) is 64.6 Å². The number of fused-ring (bicyclic) bond motifs is 1. The molecule has 0 spiro atoms. The van der Waals surface area contributed by atoms with Crippen LogP contribution in [0.5, 0.6) is 0 Å². The van der Waals surface area contributed by atoms with Crippen LogP contribution in [-0.2, 0) is 24.0 Å². The van der Waals surface area contributed by atoms with E-state index in [9.17, 15) is 8.76 Å². The van der Waals surface area contributed by atoms with Crippen molar-refractivity contribution >= 4 is 11.1 Å². The second kappa shape index (κ2) is 6.19. The van der Waals surface area contributed by atoms with Gasteiger partial charge in [-0.25, -0.2) is 0 Å². The van der Waals surface area contributed by atoms with Crippen molar-refractivity contribution in [1.29, 1.82) is 0 Å². The lowest BCUT2D eigenvalue weighted by Gasteiger charge is -2.37. The van der Waals surface area contributed by atoms with Crippen LogP contribution in [0.1, 0.15) is 24.0 Å². The van der Waals surface area contributed by atoms with E-state index in [1.807, 2.05) is 18.2 Å². The molecule has 4 heteroatoms. The largest absolute Gasteiger partial charge is 0.771 e. The monoisotopic (exact) mass is 326 g/mol. The normalized spacial score (nSPS) is 20.7. The lowest BCUT2D eigenvalue weighted by molar-refractivity contribution is 0.209. The highest BCUT2D eigenvalue weighted by Crippen LogP contribution is 2.38. The summed E-state index contributed by atoms with van der Waals surface area (Å²) >= 11 is -2.01. The fourth-order valence-electron chi connectivity index (χ4n) is 3.56. The van der Waals surface area contributed by atoms with Crippen LogP contribution in [0.15, 0.2) is 48.5 Å². The molecule has 0 radical (unpaired) electrons. The van der Waals surface area contributed by atoms with Gasteiger partial charge in [0.2, 0.25) is 0 Å². The molecule has 1 fully saturated rings. The van der Waals surface area contributed by atoms with Crippen molar-refractivity contribution < 1.29 is 8.76 Å². The molecule has 0 N–H and O–H groups in total. The zero-order chi connectivity index (χ0) is 15.8. The molecule has 0 amide bonds. The van der Waals surface area contributed by atoms with Crippen LogP contribution in [-0.4, -0.2) is 25.6 Å². The van der Waals surface area contributed by atoms with Crippen molar-refractivity contribution in [2.45, 2.75) is 31.2 Å². The summed E-state index contributed by atoms with van der Waals surface area (Å²) in [6, 6.07) is 16.9. The van der Waals surface area contributed by atoms with Gasteiger partial charge in [0, 0.05) is 13.1 Å². The van der Waals surface area contributed by atoms with Crippen LogP contribution >= 0.6 is 0 Å². The first kappa shape index (κ1) is 15.1. The standard InChI is InChI=1S/C19H21NO2S/c21-23(22)19(16-7-8-16)20-11-10-15-6-9-17(12-18(15)13-20)14-4-2-1-3-5-14/h1-6,9,12,16,19H,7-8,10-11,13H2,(H,21,22)/p-1. The molecule has 1 aliphatic heterocycles. The molecule has 1 saturated carbocycles. The van der Waals surface area contributed by atoms with E-state index < -0.39 is 11.1 Å². The lowest BCUT2D eigenvalue weighted by Crippen LogP contribution is -2.43. The summed E-state index contributed by atoms with van der Waals surface area (Å²) in [6.07, 6.45) is 3.03. The maximum atomic E-state index is 11.6. The third kappa shape index (κ3) is 3.11. The van der Waals surface area contributed by atoms with Crippen LogP contribution in [0.25, 0.3) is 11.1 Å². The maximum absolute atomic E-state index is 11.6. The Hall–Kier alpha value is -1.49. The molecule has 2 aromatic carbocycles. The van der Waals surface area contributed by atoms with Gasteiger partial charge in [0.15, 0.2) is 0 Å². The van der Waals surface area contributed by atoms with Crippen molar-refractivity contribution in [2.75, 3.05) is 6.54 Å². The smallest absolute Gasteiger partial charge is 0.0758 e. The summed E-state index contributed by atoms with van der Waals surface area (Å²) in [4.78, 5) is 2.15. The summed E-state index contributed by atoms with van der Waals surface area (Å²) in [5.41, 5.74) is 5.04. The first-order valence-electron chi connectivity index (χ1n) is 8.22. The van der Waals surface area contributed by atoms with Crippen LogP contribution in [0.4, 0.5) is 0 Å². The molecular formula is C19H20NO2S-. The molecule has 0 aromatic heterocycles. The summed E-state index contributed by atoms with van der Waals surface area (Å²) in [6.45, 7) is 1.58. The van der Waals surface area contributed by atoms with E-state index in [1.165, 1.54) is 22.3 Å². The van der Waals surface area contributed by atoms with Gasteiger partial charge < -0.3 is 4.55 Å². The number of nitrogens with zero attached hydrogens (tertiary/aromatic N) is 1. The molecule has 1 aliphatic carbocycles. The topological polar surface area (TPSA) is 43.4 Å². The van der Waals surface area contributed by atoms with E-state index in [2.05, 4.69) is 35.2 Å². The Labute approximate surface area is 139 Å². The molecule has 2 aromatic rings. The van der Waals surface area contributed by atoms with E-state index in [0.29, 0.717) is 5.92 Å². The van der Waals surface area contributed by atoms with Crippen LogP contribution in [0, 0.1) is 5.92 Å². The van der Waals surface area contributed by atoms with E-state index in [0.717, 1.165) is 32.4 Å². The molecule has 1 heterocycles. The Kier molecular flexibility index (Phi) is 4.05. The average Bonchev–Trinajstić information content (AvgIpc) is 3.39. The van der Waals surface area contributed by atoms with Gasteiger partial charge in [-0.15, -0.1) is 0 Å². The van der Waals surface area contributed by atoms with Crippen molar-refractivity contribution in [2.24, 2.45) is 5.92 Å². The number of benzene rings is 2. The molecule has 4 rings (SSSR count). The van der Waals surface area contributed by atoms with Gasteiger partial charge >= 0.3 is 0 Å². The van der Waals surface area contributed by atoms with Crippen molar-refractivity contribution in [1.82, 2.24) is 4.90 Å². The minimum atomic E-state index is -2.01. The lowest BCUT2D eigenvalue weighted by atomic mass is 9.94. The molecule has 0 saturated heterocycles. The minimum Gasteiger partial charge on any atom is -0.771 e. The molecule has 2 aliphatic rings. The average molecular weight is 326 g/mol. The number of hydrogen-bond donors (Lipinski definition) is 0. The Balaban J connectivity index is 1.62. The predicted octanol–water partition coefficient (Wildman–Crippen LogP) is 3.33. The fourth-order valence-corrected chi connectivity index (χ4v) is 4.57. The molecule has 2 unspecified atom stereocenters. The zero-order valence-corrected chi connectivity index (χ0v) is 13.8. The molecule has 2 atom stereocenters. The van der Waals surface area contributed by atoms with Crippen molar-refractivity contribution in [3.63, 3.8) is 0 Å². The SMILES string of the molecule is O=S([O-])C(C1CC1)N1CCc2ccc(-c3ccccc3)cc2C1. The van der Waals surface area contributed by atoms with Gasteiger partial charge in [0.1, 0.15) is 0 Å². The summed E-state index contributed by atoms with van der Waals surface area (Å²) in [7, 11) is 0. The minimum absolute atomic E-state index is 0.302. The Morgan fingerprint density at radius 2 is 1.83 bits per heavy atom. The van der Waals surface area contributed by atoms with E-state index in [-0.39, 0.29) is 5.37 Å². The zero-order valence-electron chi connectivity index (χ0n) is 13.0. The van der Waals surface area contributed by atoms with E-state index in [4.69, 9.17) is 0 Å². The summed E-state index contributed by atoms with van der Waals surface area (Å²) in [5, 5.41) is -0.302. The highest BCUT2D eigenvalue weighted by molar-refractivity contribution is 7.79. The van der Waals surface area contributed by atoms with Gasteiger partial charge in [-0.3, -0.25) is 9.11 Å². The van der Waals surface area contributed by atoms with Crippen LogP contribution in [0.2, 0.25) is 0 Å². The molecule has 3 nitrogen and oxygen atoms in total. The van der Waals surface area contributed by atoms with E-state index >= 15 is 0 Å². The second-order valence-electron chi connectivity index (χ2n) is 6.56. The molecule has 120 valence electrons. The van der Waals surface area contributed by atoms with Crippen LogP contribution < -0.4 is 0 Å². The van der Waals surface area contributed by atoms with Gasteiger partial charge in [0.25, 0.3) is 0 Å². The first-order valence-corrected chi connectivity index (χ1v) is 9.35. The van der Waals surface area contributed by atoms with Crippen LogP contribution in [0.3, 0.4) is 0 Å². The number of hydrogen-bond acceptors (Lipinski definition) is 3. The van der Waals surface area contributed by atoms with Crippen molar-refractivity contribution in [3.8, 4) is 11.1 Å². The Morgan fingerprint density at radius 1 is 1.04 bits per heavy atom. The fraction of sp³-hybridized carbons (Fsp3) is 0.368. The highest BCUT2D eigenvalue weighted by atomic mass is 32.2. The first-order chi connectivity index (χ1) is 11.2. The highest BCUT2D eigenvalue weighted by Gasteiger charge is 2.37. The van der Waals surface area contributed by atoms with Crippen molar-refractivity contribution in [3.05, 3.63) is 59.7 Å². The number of rotatable bonds is 4. The van der Waals surface area contributed by atoms with Gasteiger partial charge in [-0.1, -0.05) is 42.5 Å². The summed E-state index contributed by atoms with van der Waals surface area (Å²) < 4.78 is 23.3. The third-order valence-corrected chi connectivity index (χ3v) is 6.01. The molecular weight excluding hydrogens is 306 g/mol. The van der Waals surface area contributed by atoms with Gasteiger partial charge in [0.05, 0.1) is 5.37 Å². The molecule has 0 bridgehead atoms. The summed E-state index contributed by atoms with van der Waals surface area (Å²) in [5.74, 6) is 0.340. The van der Waals surface area contributed by atoms with Gasteiger partial charge in [-0.2, -0.15) is 0 Å².